The standard InChI is InChI=1S/C41H69NO7Si/c1-15-16-17-29(3)38(44)33(7)40(49-50(13,14)41(8,9)10)32(6)23-28(2)22-31(5)39(48-27-46-12)30(4)18-19-34-20-21-36-35(24-34)42(26-45-11)37(43)25-47-36/h16-22,24,29-33,38-40,44H,15,23,25-27H2,1-14H3/b17-16-,19-18-,28-22-/t29?,30?,31-,32-,33+,38-,39-,40+/m0/s1. The maximum Gasteiger partial charge on any atom is 0.266 e. The number of aliphatic hydroxyl groups excluding tert-OH is 1. The Kier molecular flexibility index (Phi) is 17.6. The summed E-state index contributed by atoms with van der Waals surface area (Å²) < 4.78 is 29.6. The van der Waals surface area contributed by atoms with Gasteiger partial charge in [0.15, 0.2) is 14.9 Å². The number of carbonyl (C=O) groups is 1. The summed E-state index contributed by atoms with van der Waals surface area (Å²) >= 11 is 0. The summed E-state index contributed by atoms with van der Waals surface area (Å²) in [5.74, 6) is 0.925. The Morgan fingerprint density at radius 1 is 1.02 bits per heavy atom. The van der Waals surface area contributed by atoms with Gasteiger partial charge in [-0.15, -0.1) is 0 Å². The van der Waals surface area contributed by atoms with Crippen LogP contribution in [-0.2, 0) is 23.4 Å². The second-order valence-corrected chi connectivity index (χ2v) is 20.7. The number of carbonyl (C=O) groups excluding carboxylic acids is 1. The minimum absolute atomic E-state index is 0.00579. The summed E-state index contributed by atoms with van der Waals surface area (Å²) in [6, 6.07) is 5.84. The van der Waals surface area contributed by atoms with E-state index in [4.69, 9.17) is 23.4 Å². The maximum absolute atomic E-state index is 12.5. The van der Waals surface area contributed by atoms with E-state index in [1.165, 1.54) is 5.57 Å². The lowest BCUT2D eigenvalue weighted by Crippen LogP contribution is -2.49. The number of hydrogen-bond acceptors (Lipinski definition) is 7. The van der Waals surface area contributed by atoms with Gasteiger partial charge in [0.2, 0.25) is 0 Å². The van der Waals surface area contributed by atoms with E-state index < -0.39 is 14.4 Å². The molecule has 0 aliphatic carbocycles. The third-order valence-corrected chi connectivity index (χ3v) is 14.9. The minimum atomic E-state index is -2.11. The number of anilines is 1. The molecular formula is C41H69NO7Si. The van der Waals surface area contributed by atoms with E-state index in [0.717, 1.165) is 18.4 Å². The van der Waals surface area contributed by atoms with Crippen molar-refractivity contribution in [1.82, 2.24) is 0 Å². The molecule has 9 heteroatoms. The van der Waals surface area contributed by atoms with Crippen molar-refractivity contribution in [1.29, 1.82) is 0 Å². The van der Waals surface area contributed by atoms with Crippen molar-refractivity contribution in [3.8, 4) is 5.75 Å². The van der Waals surface area contributed by atoms with Crippen molar-refractivity contribution in [2.75, 3.05) is 39.3 Å². The molecule has 0 aromatic heterocycles. The van der Waals surface area contributed by atoms with Crippen LogP contribution in [-0.4, -0.2) is 72.0 Å². The van der Waals surface area contributed by atoms with Crippen molar-refractivity contribution in [2.24, 2.45) is 29.6 Å². The second-order valence-electron chi connectivity index (χ2n) is 16.0. The molecule has 284 valence electrons. The average molecular weight is 716 g/mol. The monoisotopic (exact) mass is 715 g/mol. The van der Waals surface area contributed by atoms with Crippen molar-refractivity contribution < 1.29 is 33.3 Å². The van der Waals surface area contributed by atoms with Crippen LogP contribution in [0.25, 0.3) is 6.08 Å². The van der Waals surface area contributed by atoms with Gasteiger partial charge in [-0.3, -0.25) is 9.69 Å². The summed E-state index contributed by atoms with van der Waals surface area (Å²) in [4.78, 5) is 14.1. The van der Waals surface area contributed by atoms with Crippen molar-refractivity contribution in [3.63, 3.8) is 0 Å². The van der Waals surface area contributed by atoms with Crippen LogP contribution in [0, 0.1) is 29.6 Å². The Bertz CT molecular complexity index is 1290. The molecule has 50 heavy (non-hydrogen) atoms. The Labute approximate surface area is 305 Å². The highest BCUT2D eigenvalue weighted by atomic mass is 28.4. The molecule has 1 N–H and O–H groups in total. The quantitative estimate of drug-likeness (QED) is 0.0818. The lowest BCUT2D eigenvalue weighted by Gasteiger charge is -2.44. The number of methoxy groups -OCH3 is 2. The fourth-order valence-corrected chi connectivity index (χ4v) is 8.01. The van der Waals surface area contributed by atoms with Gasteiger partial charge in [0.25, 0.3) is 5.91 Å². The van der Waals surface area contributed by atoms with E-state index in [9.17, 15) is 9.90 Å². The number of fused-ring (bicyclic) bond motifs is 1. The summed E-state index contributed by atoms with van der Waals surface area (Å²) in [5.41, 5.74) is 2.93. The van der Waals surface area contributed by atoms with Crippen LogP contribution in [0.2, 0.25) is 18.1 Å². The first-order valence-corrected chi connectivity index (χ1v) is 21.3. The van der Waals surface area contributed by atoms with E-state index in [2.05, 4.69) is 113 Å². The van der Waals surface area contributed by atoms with Gasteiger partial charge in [-0.2, -0.15) is 0 Å². The van der Waals surface area contributed by atoms with Crippen molar-refractivity contribution >= 4 is 26.0 Å². The summed E-state index contributed by atoms with van der Waals surface area (Å²) in [7, 11) is 1.11. The zero-order valence-electron chi connectivity index (χ0n) is 33.6. The first-order valence-electron chi connectivity index (χ1n) is 18.4. The first kappa shape index (κ1) is 43.9. The van der Waals surface area contributed by atoms with E-state index >= 15 is 0 Å². The Hall–Kier alpha value is -2.27. The molecule has 1 aromatic rings. The molecule has 0 saturated carbocycles. The molecule has 1 amide bonds. The van der Waals surface area contributed by atoms with Crippen LogP contribution >= 0.6 is 0 Å². The third kappa shape index (κ3) is 12.4. The van der Waals surface area contributed by atoms with Crippen LogP contribution in [0.3, 0.4) is 0 Å². The molecule has 0 spiro atoms. The van der Waals surface area contributed by atoms with Gasteiger partial charge >= 0.3 is 0 Å². The van der Waals surface area contributed by atoms with E-state index in [0.29, 0.717) is 11.4 Å². The maximum atomic E-state index is 12.5. The Morgan fingerprint density at radius 2 is 1.70 bits per heavy atom. The molecular weight excluding hydrogens is 647 g/mol. The van der Waals surface area contributed by atoms with Gasteiger partial charge in [-0.25, -0.2) is 0 Å². The van der Waals surface area contributed by atoms with E-state index in [-0.39, 0.29) is 72.9 Å². The first-order chi connectivity index (χ1) is 23.4. The van der Waals surface area contributed by atoms with Gasteiger partial charge < -0.3 is 28.5 Å². The average Bonchev–Trinajstić information content (AvgIpc) is 3.05. The van der Waals surface area contributed by atoms with E-state index in [1.54, 1.807) is 19.1 Å². The van der Waals surface area contributed by atoms with Crippen molar-refractivity contribution in [2.45, 2.75) is 119 Å². The number of aliphatic hydroxyl groups is 1. The predicted molar refractivity (Wildman–Crippen MR) is 209 cm³/mol. The second kappa shape index (κ2) is 20.1. The molecule has 0 fully saturated rings. The third-order valence-electron chi connectivity index (χ3n) is 10.5. The largest absolute Gasteiger partial charge is 0.482 e. The molecule has 1 aliphatic heterocycles. The number of nitrogens with zero attached hydrogens (tertiary/aromatic N) is 1. The lowest BCUT2D eigenvalue weighted by atomic mass is 9.81. The zero-order chi connectivity index (χ0) is 37.8. The predicted octanol–water partition coefficient (Wildman–Crippen LogP) is 9.25. The zero-order valence-corrected chi connectivity index (χ0v) is 34.6. The highest BCUT2D eigenvalue weighted by Crippen LogP contribution is 2.41. The topological polar surface area (TPSA) is 86.7 Å². The Balaban J connectivity index is 2.30. The fourth-order valence-electron chi connectivity index (χ4n) is 6.53. The van der Waals surface area contributed by atoms with Crippen LogP contribution in [0.15, 0.2) is 48.1 Å². The Morgan fingerprint density at radius 3 is 2.30 bits per heavy atom. The molecule has 2 rings (SSSR count). The van der Waals surface area contributed by atoms with Crippen LogP contribution in [0.5, 0.6) is 5.75 Å². The molecule has 8 nitrogen and oxygen atoms in total. The highest BCUT2D eigenvalue weighted by Gasteiger charge is 2.43. The normalized spacial score (nSPS) is 19.5. The number of hydrogen-bond donors (Lipinski definition) is 1. The van der Waals surface area contributed by atoms with Crippen LogP contribution < -0.4 is 9.64 Å². The lowest BCUT2D eigenvalue weighted by molar-refractivity contribution is -0.122. The molecule has 1 aromatic carbocycles. The number of amides is 1. The fraction of sp³-hybridized carbons (Fsp3) is 0.683. The van der Waals surface area contributed by atoms with Crippen LogP contribution in [0.1, 0.15) is 87.6 Å². The molecule has 1 aliphatic rings. The molecule has 2 unspecified atom stereocenters. The smallest absolute Gasteiger partial charge is 0.266 e. The summed E-state index contributed by atoms with van der Waals surface area (Å²) in [5, 5.41) is 11.5. The molecule has 0 radical (unpaired) electrons. The molecule has 8 atom stereocenters. The van der Waals surface area contributed by atoms with Crippen LogP contribution in [0.4, 0.5) is 5.69 Å². The highest BCUT2D eigenvalue weighted by molar-refractivity contribution is 6.74. The summed E-state index contributed by atoms with van der Waals surface area (Å²) in [6.45, 7) is 27.0. The molecule has 0 saturated heterocycles. The van der Waals surface area contributed by atoms with Gasteiger partial charge in [0, 0.05) is 37.9 Å². The minimum Gasteiger partial charge on any atom is -0.482 e. The number of benzene rings is 1. The van der Waals surface area contributed by atoms with Gasteiger partial charge in [0.1, 0.15) is 19.3 Å². The SMILES string of the molecule is CC/C=C\C(C)[C@H](O)[C@@H](C)[C@H](O[Si](C)(C)C(C)(C)C)[C@@H](C)C/C(C)=C\[C@H](C)[C@@H](OCOC)C(C)/C=C\c1ccc2c(c1)N(COC)C(=O)CO2. The van der Waals surface area contributed by atoms with Crippen molar-refractivity contribution in [3.05, 3.63) is 53.6 Å². The number of allylic oxidation sites excluding steroid dienone is 2. The number of rotatable bonds is 20. The molecule has 0 bridgehead atoms. The molecule has 1 heterocycles. The van der Waals surface area contributed by atoms with Gasteiger partial charge in [-0.05, 0) is 61.5 Å². The van der Waals surface area contributed by atoms with Gasteiger partial charge in [-0.1, -0.05) is 104 Å². The van der Waals surface area contributed by atoms with Gasteiger partial charge in [0.05, 0.1) is 24.0 Å². The van der Waals surface area contributed by atoms with E-state index in [1.807, 2.05) is 18.2 Å². The summed E-state index contributed by atoms with van der Waals surface area (Å²) in [6.07, 6.45) is 11.9. The number of ether oxygens (including phenoxy) is 4.